The summed E-state index contributed by atoms with van der Waals surface area (Å²) in [5.41, 5.74) is 1.02. The Morgan fingerprint density at radius 3 is 2.05 bits per heavy atom. The second-order valence-electron chi connectivity index (χ2n) is 4.42. The lowest BCUT2D eigenvalue weighted by Crippen LogP contribution is -2.39. The van der Waals surface area contributed by atoms with Crippen LogP contribution in [0.4, 0.5) is 24.8 Å². The Balaban J connectivity index is 2.58. The van der Waals surface area contributed by atoms with E-state index in [0.717, 1.165) is 0 Å². The topological polar surface area (TPSA) is 46.1 Å². The van der Waals surface area contributed by atoms with E-state index in [2.05, 4.69) is 9.97 Å². The Bertz CT molecular complexity index is 636. The van der Waals surface area contributed by atoms with Gasteiger partial charge in [-0.15, -0.1) is 0 Å². The molecule has 0 N–H and O–H groups in total. The molecule has 0 fully saturated rings. The summed E-state index contributed by atoms with van der Waals surface area (Å²) < 4.78 is 38.5. The summed E-state index contributed by atoms with van der Waals surface area (Å²) in [7, 11) is 0. The molecule has 0 saturated carbocycles. The molecule has 0 aliphatic rings. The van der Waals surface area contributed by atoms with Crippen LogP contribution in [-0.2, 0) is 4.79 Å². The molecule has 0 spiro atoms. The average molecular weight is 295 g/mol. The van der Waals surface area contributed by atoms with Gasteiger partial charge in [-0.25, -0.2) is 14.9 Å². The zero-order chi connectivity index (χ0) is 15.6. The monoisotopic (exact) mass is 295 g/mol. The van der Waals surface area contributed by atoms with Gasteiger partial charge in [-0.3, -0.25) is 4.79 Å². The van der Waals surface area contributed by atoms with Crippen LogP contribution in [0.3, 0.4) is 0 Å². The summed E-state index contributed by atoms with van der Waals surface area (Å²) in [5.74, 6) is -2.32. The SMILES string of the molecule is Cc1cc(C)nc(N(C(=O)C(F)(F)F)c2ccccc2)n1. The Kier molecular flexibility index (Phi) is 3.93. The number of para-hydroxylation sites is 1. The summed E-state index contributed by atoms with van der Waals surface area (Å²) in [5, 5.41) is 0. The van der Waals surface area contributed by atoms with Crippen molar-refractivity contribution in [3.63, 3.8) is 0 Å². The molecule has 1 heterocycles. The van der Waals surface area contributed by atoms with E-state index in [-0.39, 0.29) is 11.6 Å². The van der Waals surface area contributed by atoms with Gasteiger partial charge in [0.05, 0.1) is 5.69 Å². The number of aryl methyl sites for hydroxylation is 2. The minimum atomic E-state index is -5.02. The van der Waals surface area contributed by atoms with Crippen molar-refractivity contribution in [1.82, 2.24) is 9.97 Å². The molecular formula is C14H12F3N3O. The molecule has 0 saturated heterocycles. The van der Waals surface area contributed by atoms with Gasteiger partial charge in [0.25, 0.3) is 0 Å². The second kappa shape index (κ2) is 5.51. The van der Waals surface area contributed by atoms with E-state index in [9.17, 15) is 18.0 Å². The lowest BCUT2D eigenvalue weighted by Gasteiger charge is -2.22. The van der Waals surface area contributed by atoms with Gasteiger partial charge < -0.3 is 0 Å². The fourth-order valence-electron chi connectivity index (χ4n) is 1.83. The van der Waals surface area contributed by atoms with Crippen molar-refractivity contribution >= 4 is 17.5 Å². The van der Waals surface area contributed by atoms with Gasteiger partial charge in [0.1, 0.15) is 0 Å². The number of amides is 1. The third-order valence-corrected chi connectivity index (χ3v) is 2.63. The maximum atomic E-state index is 12.8. The van der Waals surface area contributed by atoms with Gasteiger partial charge in [0, 0.05) is 11.4 Å². The number of carbonyl (C=O) groups excluding carboxylic acids is 1. The molecule has 1 aromatic carbocycles. The maximum absolute atomic E-state index is 12.8. The minimum absolute atomic E-state index is 0.0600. The number of nitrogens with zero attached hydrogens (tertiary/aromatic N) is 3. The van der Waals surface area contributed by atoms with Crippen LogP contribution in [0.25, 0.3) is 0 Å². The summed E-state index contributed by atoms with van der Waals surface area (Å²) >= 11 is 0. The Morgan fingerprint density at radius 1 is 1.05 bits per heavy atom. The molecule has 1 amide bonds. The molecule has 21 heavy (non-hydrogen) atoms. The molecule has 2 aromatic rings. The minimum Gasteiger partial charge on any atom is -0.263 e. The number of benzene rings is 1. The predicted octanol–water partition coefficient (Wildman–Crippen LogP) is 3.32. The largest absolute Gasteiger partial charge is 0.472 e. The normalized spacial score (nSPS) is 11.3. The van der Waals surface area contributed by atoms with Crippen LogP contribution in [0.2, 0.25) is 0 Å². The van der Waals surface area contributed by atoms with E-state index < -0.39 is 12.1 Å². The number of alkyl halides is 3. The van der Waals surface area contributed by atoms with Crippen LogP contribution in [0.1, 0.15) is 11.4 Å². The second-order valence-corrected chi connectivity index (χ2v) is 4.42. The highest BCUT2D eigenvalue weighted by Crippen LogP contribution is 2.29. The van der Waals surface area contributed by atoms with Crippen LogP contribution >= 0.6 is 0 Å². The third kappa shape index (κ3) is 3.36. The van der Waals surface area contributed by atoms with Crippen LogP contribution in [0.5, 0.6) is 0 Å². The van der Waals surface area contributed by atoms with Gasteiger partial charge in [-0.2, -0.15) is 13.2 Å². The lowest BCUT2D eigenvalue weighted by molar-refractivity contribution is -0.169. The first kappa shape index (κ1) is 15.0. The average Bonchev–Trinajstić information content (AvgIpc) is 2.38. The Hall–Kier alpha value is -2.44. The van der Waals surface area contributed by atoms with Gasteiger partial charge in [-0.1, -0.05) is 18.2 Å². The smallest absolute Gasteiger partial charge is 0.263 e. The van der Waals surface area contributed by atoms with Crippen molar-refractivity contribution in [1.29, 1.82) is 0 Å². The number of hydrogen-bond donors (Lipinski definition) is 0. The van der Waals surface area contributed by atoms with Gasteiger partial charge >= 0.3 is 12.1 Å². The van der Waals surface area contributed by atoms with E-state index in [1.165, 1.54) is 24.3 Å². The predicted molar refractivity (Wildman–Crippen MR) is 71.1 cm³/mol. The third-order valence-electron chi connectivity index (χ3n) is 2.63. The molecule has 0 atom stereocenters. The number of hydrogen-bond acceptors (Lipinski definition) is 3. The molecule has 110 valence electrons. The van der Waals surface area contributed by atoms with Crippen LogP contribution in [-0.4, -0.2) is 22.1 Å². The van der Waals surface area contributed by atoms with Crippen molar-refractivity contribution in [2.45, 2.75) is 20.0 Å². The van der Waals surface area contributed by atoms with E-state index in [1.807, 2.05) is 0 Å². The van der Waals surface area contributed by atoms with Crippen LogP contribution in [0, 0.1) is 13.8 Å². The number of anilines is 2. The molecule has 2 rings (SSSR count). The first-order chi connectivity index (χ1) is 9.79. The maximum Gasteiger partial charge on any atom is 0.472 e. The molecule has 0 bridgehead atoms. The van der Waals surface area contributed by atoms with E-state index in [1.54, 1.807) is 26.0 Å². The molecular weight excluding hydrogens is 283 g/mol. The summed E-state index contributed by atoms with van der Waals surface area (Å²) in [6.07, 6.45) is -5.02. The molecule has 1 aromatic heterocycles. The van der Waals surface area contributed by atoms with E-state index in [4.69, 9.17) is 0 Å². The molecule has 4 nitrogen and oxygen atoms in total. The number of carbonyl (C=O) groups is 1. The fourth-order valence-corrected chi connectivity index (χ4v) is 1.83. The summed E-state index contributed by atoms with van der Waals surface area (Å²) in [6, 6.07) is 9.12. The van der Waals surface area contributed by atoms with Crippen molar-refractivity contribution in [3.05, 3.63) is 47.8 Å². The molecule has 0 aliphatic carbocycles. The quantitative estimate of drug-likeness (QED) is 0.853. The number of rotatable bonds is 2. The zero-order valence-electron chi connectivity index (χ0n) is 11.3. The van der Waals surface area contributed by atoms with Crippen molar-refractivity contribution < 1.29 is 18.0 Å². The highest BCUT2D eigenvalue weighted by molar-refractivity contribution is 6.02. The van der Waals surface area contributed by atoms with Crippen molar-refractivity contribution in [2.24, 2.45) is 0 Å². The van der Waals surface area contributed by atoms with E-state index in [0.29, 0.717) is 16.3 Å². The molecule has 0 unspecified atom stereocenters. The highest BCUT2D eigenvalue weighted by atomic mass is 19.4. The highest BCUT2D eigenvalue weighted by Gasteiger charge is 2.44. The first-order valence-electron chi connectivity index (χ1n) is 6.07. The summed E-state index contributed by atoms with van der Waals surface area (Å²) in [4.78, 5) is 20.1. The fraction of sp³-hybridized carbons (Fsp3) is 0.214. The summed E-state index contributed by atoms with van der Waals surface area (Å²) in [6.45, 7) is 3.25. The van der Waals surface area contributed by atoms with E-state index >= 15 is 0 Å². The molecule has 0 radical (unpaired) electrons. The number of aromatic nitrogens is 2. The molecule has 0 aliphatic heterocycles. The van der Waals surface area contributed by atoms with Gasteiger partial charge in [0.2, 0.25) is 5.95 Å². The van der Waals surface area contributed by atoms with Crippen LogP contribution < -0.4 is 4.90 Å². The zero-order valence-corrected chi connectivity index (χ0v) is 11.3. The van der Waals surface area contributed by atoms with Crippen molar-refractivity contribution in [3.8, 4) is 0 Å². The first-order valence-corrected chi connectivity index (χ1v) is 6.07. The number of halogens is 3. The standard InChI is InChI=1S/C14H12F3N3O/c1-9-8-10(2)19-13(18-9)20(12(21)14(15,16)17)11-6-4-3-5-7-11/h3-8H,1-2H3. The van der Waals surface area contributed by atoms with Crippen LogP contribution in [0.15, 0.2) is 36.4 Å². The van der Waals surface area contributed by atoms with Gasteiger partial charge in [-0.05, 0) is 32.0 Å². The Labute approximate surface area is 119 Å². The molecule has 7 heteroatoms. The lowest BCUT2D eigenvalue weighted by atomic mass is 10.3. The van der Waals surface area contributed by atoms with Crippen molar-refractivity contribution in [2.75, 3.05) is 4.90 Å². The Morgan fingerprint density at radius 2 is 1.57 bits per heavy atom. The van der Waals surface area contributed by atoms with Gasteiger partial charge in [0.15, 0.2) is 0 Å².